The van der Waals surface area contributed by atoms with Gasteiger partial charge in [-0.2, -0.15) is 10.2 Å². The Morgan fingerprint density at radius 1 is 1.22 bits per heavy atom. The summed E-state index contributed by atoms with van der Waals surface area (Å²) in [5.41, 5.74) is 5.19. The van der Waals surface area contributed by atoms with Crippen LogP contribution in [0.3, 0.4) is 0 Å². The second-order valence-corrected chi connectivity index (χ2v) is 5.64. The minimum atomic E-state index is 0.829. The third-order valence-corrected chi connectivity index (χ3v) is 4.10. The average Bonchev–Trinajstić information content (AvgIpc) is 3.26. The van der Waals surface area contributed by atoms with Gasteiger partial charge >= 0.3 is 0 Å². The number of aromatic nitrogens is 6. The Morgan fingerprint density at radius 2 is 2.09 bits per heavy atom. The van der Waals surface area contributed by atoms with Crippen molar-refractivity contribution in [3.8, 4) is 22.8 Å². The van der Waals surface area contributed by atoms with E-state index in [1.54, 1.807) is 0 Å². The number of hydrogen-bond acceptors (Lipinski definition) is 3. The highest BCUT2D eigenvalue weighted by Crippen LogP contribution is 2.28. The molecule has 3 aromatic heterocycles. The summed E-state index contributed by atoms with van der Waals surface area (Å²) < 4.78 is 3.86. The molecule has 3 heterocycles. The molecule has 0 atom stereocenters. The molecule has 0 saturated heterocycles. The molecule has 0 radical (unpaired) electrons. The lowest BCUT2D eigenvalue weighted by atomic mass is 10.1. The molecule has 1 N–H and O–H groups in total. The van der Waals surface area contributed by atoms with E-state index in [1.165, 1.54) is 0 Å². The first kappa shape index (κ1) is 13.8. The van der Waals surface area contributed by atoms with Crippen LogP contribution in [0.4, 0.5) is 0 Å². The summed E-state index contributed by atoms with van der Waals surface area (Å²) >= 11 is 0. The van der Waals surface area contributed by atoms with E-state index in [0.29, 0.717) is 0 Å². The summed E-state index contributed by atoms with van der Waals surface area (Å²) in [6, 6.07) is 8.23. The van der Waals surface area contributed by atoms with Gasteiger partial charge in [0.15, 0.2) is 0 Å². The molecule has 6 nitrogen and oxygen atoms in total. The van der Waals surface area contributed by atoms with Gasteiger partial charge in [0.2, 0.25) is 0 Å². The molecule has 116 valence electrons. The molecule has 4 aromatic rings. The van der Waals surface area contributed by atoms with Crippen LogP contribution < -0.4 is 0 Å². The van der Waals surface area contributed by atoms with Crippen LogP contribution in [-0.2, 0) is 13.6 Å². The molecule has 0 fully saturated rings. The Kier molecular flexibility index (Phi) is 3.04. The quantitative estimate of drug-likeness (QED) is 0.632. The highest BCUT2D eigenvalue weighted by Gasteiger charge is 2.13. The molecule has 0 aliphatic rings. The minimum Gasteiger partial charge on any atom is -0.337 e. The van der Waals surface area contributed by atoms with Crippen molar-refractivity contribution in [1.29, 1.82) is 0 Å². The molecule has 6 heteroatoms. The Labute approximate surface area is 133 Å². The number of benzene rings is 1. The highest BCUT2D eigenvalue weighted by molar-refractivity contribution is 5.93. The second kappa shape index (κ2) is 5.08. The smallest absolute Gasteiger partial charge is 0.138 e. The van der Waals surface area contributed by atoms with E-state index in [9.17, 15) is 0 Å². The van der Waals surface area contributed by atoms with Crippen LogP contribution in [0.2, 0.25) is 0 Å². The molecule has 0 unspecified atom stereocenters. The molecule has 4 rings (SSSR count). The van der Waals surface area contributed by atoms with Crippen molar-refractivity contribution in [1.82, 2.24) is 29.5 Å². The van der Waals surface area contributed by atoms with Gasteiger partial charge in [-0.05, 0) is 26.0 Å². The fourth-order valence-electron chi connectivity index (χ4n) is 2.98. The third kappa shape index (κ3) is 2.14. The summed E-state index contributed by atoms with van der Waals surface area (Å²) in [6.07, 6.45) is 3.75. The molecular weight excluding hydrogens is 288 g/mol. The van der Waals surface area contributed by atoms with Crippen molar-refractivity contribution in [2.24, 2.45) is 7.05 Å². The van der Waals surface area contributed by atoms with Gasteiger partial charge in [0.1, 0.15) is 5.82 Å². The van der Waals surface area contributed by atoms with Crippen molar-refractivity contribution in [2.45, 2.75) is 20.4 Å². The largest absolute Gasteiger partial charge is 0.337 e. The van der Waals surface area contributed by atoms with Crippen molar-refractivity contribution in [3.05, 3.63) is 42.4 Å². The maximum Gasteiger partial charge on any atom is 0.138 e. The number of H-pyrrole nitrogens is 1. The zero-order valence-electron chi connectivity index (χ0n) is 13.4. The van der Waals surface area contributed by atoms with E-state index >= 15 is 0 Å². The SMILES string of the molecule is CCn1nc(C)cc1-c1cnc(-c2cccc3c2cnn3C)[nH]1. The minimum absolute atomic E-state index is 0.829. The van der Waals surface area contributed by atoms with Gasteiger partial charge in [0.05, 0.1) is 35.0 Å². The molecule has 1 aromatic carbocycles. The number of rotatable bonds is 3. The Balaban J connectivity index is 1.83. The van der Waals surface area contributed by atoms with Crippen LogP contribution in [0.1, 0.15) is 12.6 Å². The topological polar surface area (TPSA) is 64.3 Å². The van der Waals surface area contributed by atoms with Gasteiger partial charge in [-0.1, -0.05) is 12.1 Å². The normalized spacial score (nSPS) is 11.4. The first-order valence-corrected chi connectivity index (χ1v) is 7.68. The van der Waals surface area contributed by atoms with Crippen LogP contribution in [-0.4, -0.2) is 29.5 Å². The molecule has 0 amide bonds. The Morgan fingerprint density at radius 3 is 2.91 bits per heavy atom. The number of aryl methyl sites for hydroxylation is 3. The van der Waals surface area contributed by atoms with E-state index < -0.39 is 0 Å². The predicted molar refractivity (Wildman–Crippen MR) is 89.9 cm³/mol. The number of hydrogen-bond donors (Lipinski definition) is 1. The van der Waals surface area contributed by atoms with Gasteiger partial charge in [-0.25, -0.2) is 4.98 Å². The van der Waals surface area contributed by atoms with Crippen LogP contribution in [0.15, 0.2) is 36.7 Å². The molecule has 0 spiro atoms. The molecule has 0 aliphatic heterocycles. The average molecular weight is 306 g/mol. The maximum atomic E-state index is 4.57. The maximum absolute atomic E-state index is 4.57. The number of nitrogens with zero attached hydrogens (tertiary/aromatic N) is 5. The second-order valence-electron chi connectivity index (χ2n) is 5.64. The van der Waals surface area contributed by atoms with Crippen LogP contribution in [0.25, 0.3) is 33.7 Å². The number of imidazole rings is 1. The fourth-order valence-corrected chi connectivity index (χ4v) is 2.98. The molecule has 0 aliphatic carbocycles. The number of fused-ring (bicyclic) bond motifs is 1. The zero-order valence-corrected chi connectivity index (χ0v) is 13.4. The molecule has 0 bridgehead atoms. The van der Waals surface area contributed by atoms with E-state index in [1.807, 2.05) is 41.8 Å². The van der Waals surface area contributed by atoms with Crippen LogP contribution in [0.5, 0.6) is 0 Å². The standard InChI is InChI=1S/C17H18N6/c1-4-23-16(8-11(2)21-23)14-10-18-17(20-14)12-6-5-7-15-13(12)9-19-22(15)3/h5-10H,4H2,1-3H3,(H,18,20). The monoisotopic (exact) mass is 306 g/mol. The van der Waals surface area contributed by atoms with Gasteiger partial charge in [-0.3, -0.25) is 9.36 Å². The van der Waals surface area contributed by atoms with E-state index in [2.05, 4.69) is 45.3 Å². The lowest BCUT2D eigenvalue weighted by Gasteiger charge is -2.02. The fraction of sp³-hybridized carbons (Fsp3) is 0.235. The third-order valence-electron chi connectivity index (χ3n) is 4.10. The lowest BCUT2D eigenvalue weighted by molar-refractivity contribution is 0.659. The number of nitrogens with one attached hydrogen (secondary N) is 1. The van der Waals surface area contributed by atoms with Crippen LogP contribution >= 0.6 is 0 Å². The molecule has 0 saturated carbocycles. The van der Waals surface area contributed by atoms with Crippen molar-refractivity contribution >= 4 is 10.9 Å². The van der Waals surface area contributed by atoms with Gasteiger partial charge in [0, 0.05) is 24.5 Å². The summed E-state index contributed by atoms with van der Waals surface area (Å²) in [4.78, 5) is 8.00. The highest BCUT2D eigenvalue weighted by atomic mass is 15.3. The lowest BCUT2D eigenvalue weighted by Crippen LogP contribution is -1.99. The van der Waals surface area contributed by atoms with E-state index in [4.69, 9.17) is 0 Å². The first-order chi connectivity index (χ1) is 11.2. The Bertz CT molecular complexity index is 988. The molecular formula is C17H18N6. The van der Waals surface area contributed by atoms with Gasteiger partial charge < -0.3 is 4.98 Å². The van der Waals surface area contributed by atoms with Gasteiger partial charge in [0.25, 0.3) is 0 Å². The van der Waals surface area contributed by atoms with Crippen LogP contribution in [0, 0.1) is 6.92 Å². The zero-order chi connectivity index (χ0) is 16.0. The number of aromatic amines is 1. The summed E-state index contributed by atoms with van der Waals surface area (Å²) in [5, 5.41) is 9.93. The summed E-state index contributed by atoms with van der Waals surface area (Å²) in [7, 11) is 1.95. The summed E-state index contributed by atoms with van der Waals surface area (Å²) in [5.74, 6) is 0.847. The van der Waals surface area contributed by atoms with Crippen molar-refractivity contribution in [2.75, 3.05) is 0 Å². The Hall–Kier alpha value is -2.89. The van der Waals surface area contributed by atoms with E-state index in [-0.39, 0.29) is 0 Å². The first-order valence-electron chi connectivity index (χ1n) is 7.68. The summed E-state index contributed by atoms with van der Waals surface area (Å²) in [6.45, 7) is 4.92. The molecule has 23 heavy (non-hydrogen) atoms. The van der Waals surface area contributed by atoms with Crippen molar-refractivity contribution < 1.29 is 0 Å². The van der Waals surface area contributed by atoms with Gasteiger partial charge in [-0.15, -0.1) is 0 Å². The van der Waals surface area contributed by atoms with E-state index in [0.717, 1.165) is 45.9 Å². The predicted octanol–water partition coefficient (Wildman–Crippen LogP) is 3.16. The van der Waals surface area contributed by atoms with Crippen molar-refractivity contribution in [3.63, 3.8) is 0 Å².